The molecule has 2 fully saturated rings. The van der Waals surface area contributed by atoms with Crippen molar-refractivity contribution in [2.45, 2.75) is 38.3 Å². The van der Waals surface area contributed by atoms with Crippen LogP contribution in [0.25, 0.3) is 22.2 Å². The number of alkyl halides is 1. The van der Waals surface area contributed by atoms with Crippen molar-refractivity contribution in [1.82, 2.24) is 34.6 Å². The number of fused-ring (bicyclic) bond motifs is 2. The number of phenolic OH excluding ortho intramolecular Hbond substituents is 1. The molecule has 4 aliphatic rings. The molecule has 0 spiro atoms. The van der Waals surface area contributed by atoms with Crippen molar-refractivity contribution in [2.24, 2.45) is 0 Å². The maximum Gasteiger partial charge on any atom is 0.263 e. The van der Waals surface area contributed by atoms with Crippen molar-refractivity contribution in [3.63, 3.8) is 0 Å². The molecule has 0 bridgehead atoms. The van der Waals surface area contributed by atoms with Crippen molar-refractivity contribution in [3.05, 3.63) is 57.1 Å². The Morgan fingerprint density at radius 3 is 2.61 bits per heavy atom. The number of piperazine rings is 1. The van der Waals surface area contributed by atoms with Crippen LogP contribution >= 0.6 is 11.6 Å². The Kier molecular flexibility index (Phi) is 8.03. The number of hydrogen-bond donors (Lipinski definition) is 3. The summed E-state index contributed by atoms with van der Waals surface area (Å²) < 4.78 is 34.6. The number of rotatable bonds is 8. The second-order valence-electron chi connectivity index (χ2n) is 11.7. The van der Waals surface area contributed by atoms with E-state index in [0.29, 0.717) is 65.9 Å². The molecule has 3 N–H and O–H groups in total. The van der Waals surface area contributed by atoms with Crippen LogP contribution in [0.2, 0.25) is 0 Å². The van der Waals surface area contributed by atoms with E-state index in [9.17, 15) is 14.7 Å². The molecular formula is C31H35ClFN7O6. The molecule has 0 radical (unpaired) electrons. The Labute approximate surface area is 268 Å². The van der Waals surface area contributed by atoms with Crippen molar-refractivity contribution in [1.29, 1.82) is 0 Å². The molecule has 46 heavy (non-hydrogen) atoms. The zero-order valence-corrected chi connectivity index (χ0v) is 26.3. The predicted octanol–water partition coefficient (Wildman–Crippen LogP) is 1.86. The lowest BCUT2D eigenvalue weighted by atomic mass is 10.0. The van der Waals surface area contributed by atoms with Gasteiger partial charge in [0.1, 0.15) is 23.8 Å². The molecule has 3 aromatic rings. The number of amides is 1. The summed E-state index contributed by atoms with van der Waals surface area (Å²) in [4.78, 5) is 36.5. The molecule has 0 saturated carbocycles. The van der Waals surface area contributed by atoms with Crippen LogP contribution in [0, 0.1) is 0 Å². The summed E-state index contributed by atoms with van der Waals surface area (Å²) in [6.07, 6.45) is 3.05. The van der Waals surface area contributed by atoms with E-state index in [2.05, 4.69) is 15.5 Å². The topological polar surface area (TPSA) is 135 Å². The quantitative estimate of drug-likeness (QED) is 0.309. The van der Waals surface area contributed by atoms with E-state index in [1.807, 2.05) is 4.90 Å². The molecule has 15 heteroatoms. The Bertz CT molecular complexity index is 1830. The van der Waals surface area contributed by atoms with Crippen LogP contribution in [0.5, 0.6) is 17.2 Å². The van der Waals surface area contributed by atoms with Crippen molar-refractivity contribution in [3.8, 4) is 28.4 Å². The number of carbonyl (C=O) groups is 1. The molecule has 2 saturated heterocycles. The Morgan fingerprint density at radius 1 is 1.15 bits per heavy atom. The number of halogens is 2. The average molecular weight is 656 g/mol. The maximum atomic E-state index is 15.1. The normalized spacial score (nSPS) is 20.3. The third kappa shape index (κ3) is 5.23. The van der Waals surface area contributed by atoms with Gasteiger partial charge >= 0.3 is 0 Å². The second-order valence-corrected chi connectivity index (χ2v) is 12.1. The molecule has 244 valence electrons. The lowest BCUT2D eigenvalue weighted by Crippen LogP contribution is -2.57. The van der Waals surface area contributed by atoms with E-state index in [4.69, 9.17) is 30.8 Å². The number of nitrogens with one attached hydrogen (secondary N) is 2. The van der Waals surface area contributed by atoms with Crippen molar-refractivity contribution >= 4 is 28.5 Å². The van der Waals surface area contributed by atoms with E-state index < -0.39 is 12.2 Å². The van der Waals surface area contributed by atoms with Crippen LogP contribution < -0.4 is 25.7 Å². The number of dihydropyridines is 1. The minimum atomic E-state index is -1.68. The number of allylic oxidation sites excluding steroid dienone is 1. The number of aryl methyl sites for hydroxylation is 1. The van der Waals surface area contributed by atoms with E-state index in [-0.39, 0.29) is 40.1 Å². The fourth-order valence-electron chi connectivity index (χ4n) is 6.58. The van der Waals surface area contributed by atoms with Gasteiger partial charge in [-0.25, -0.2) is 9.37 Å². The summed E-state index contributed by atoms with van der Waals surface area (Å²) in [5.41, 5.74) is 1.22. The van der Waals surface area contributed by atoms with Crippen molar-refractivity contribution in [2.75, 3.05) is 53.6 Å². The highest BCUT2D eigenvalue weighted by molar-refractivity contribution is 6.30. The van der Waals surface area contributed by atoms with Gasteiger partial charge in [0.15, 0.2) is 11.5 Å². The lowest BCUT2D eigenvalue weighted by molar-refractivity contribution is -0.120. The molecule has 1 aromatic carbocycles. The molecular weight excluding hydrogens is 621 g/mol. The molecule has 1 atom stereocenters. The smallest absolute Gasteiger partial charge is 0.263 e. The monoisotopic (exact) mass is 655 g/mol. The lowest BCUT2D eigenvalue weighted by Gasteiger charge is -2.44. The molecule has 1 amide bonds. The molecule has 13 nitrogen and oxygen atoms in total. The number of aromatic hydroxyl groups is 1. The zero-order valence-electron chi connectivity index (χ0n) is 25.5. The van der Waals surface area contributed by atoms with Gasteiger partial charge in [0.05, 0.1) is 49.6 Å². The fourth-order valence-corrected chi connectivity index (χ4v) is 6.74. The Morgan fingerprint density at radius 2 is 1.91 bits per heavy atom. The molecule has 1 unspecified atom stereocenters. The maximum absolute atomic E-state index is 15.1. The van der Waals surface area contributed by atoms with E-state index >= 15 is 4.39 Å². The third-order valence-corrected chi connectivity index (χ3v) is 9.44. The van der Waals surface area contributed by atoms with Crippen LogP contribution in [0.15, 0.2) is 45.8 Å². The van der Waals surface area contributed by atoms with Gasteiger partial charge in [-0.3, -0.25) is 19.1 Å². The van der Waals surface area contributed by atoms with E-state index in [1.165, 1.54) is 20.3 Å². The largest absolute Gasteiger partial charge is 0.504 e. The van der Waals surface area contributed by atoms with Gasteiger partial charge in [0.25, 0.3) is 5.56 Å². The summed E-state index contributed by atoms with van der Waals surface area (Å²) in [5, 5.41) is 16.1. The van der Waals surface area contributed by atoms with Crippen molar-refractivity contribution < 1.29 is 28.5 Å². The number of phenols is 1. The SMILES string of the molecule is COc1c(O)ccc(-c2cn(CC(=O)NC3=C(Cl)C(F)NC(N4CCN(C5COC5)CC4)=C3)c3nc4n(c(=O)c23)CCC4)c1OC. The average Bonchev–Trinajstić information content (AvgIpc) is 3.64. The minimum absolute atomic E-state index is 0.113. The highest BCUT2D eigenvalue weighted by Gasteiger charge is 2.32. The number of aromatic nitrogens is 3. The Balaban J connectivity index is 1.19. The number of benzene rings is 1. The first-order chi connectivity index (χ1) is 22.3. The van der Waals surface area contributed by atoms with E-state index in [0.717, 1.165) is 32.7 Å². The van der Waals surface area contributed by atoms with Crippen LogP contribution in [0.4, 0.5) is 4.39 Å². The summed E-state index contributed by atoms with van der Waals surface area (Å²) >= 11 is 6.35. The Hall–Kier alpha value is -4.27. The van der Waals surface area contributed by atoms with Crippen LogP contribution in [-0.4, -0.2) is 101 Å². The minimum Gasteiger partial charge on any atom is -0.504 e. The van der Waals surface area contributed by atoms with Gasteiger partial charge in [-0.2, -0.15) is 0 Å². The van der Waals surface area contributed by atoms with Gasteiger partial charge in [0.2, 0.25) is 18.0 Å². The third-order valence-electron chi connectivity index (χ3n) is 9.04. The first-order valence-corrected chi connectivity index (χ1v) is 15.6. The van der Waals surface area contributed by atoms with Crippen LogP contribution in [0.1, 0.15) is 12.2 Å². The summed E-state index contributed by atoms with van der Waals surface area (Å²) in [6, 6.07) is 3.51. The van der Waals surface area contributed by atoms with Gasteiger partial charge in [-0.05, 0) is 18.6 Å². The molecule has 0 aliphatic carbocycles. The van der Waals surface area contributed by atoms with Crippen LogP contribution in [-0.2, 0) is 29.0 Å². The first-order valence-electron chi connectivity index (χ1n) is 15.2. The predicted molar refractivity (Wildman–Crippen MR) is 167 cm³/mol. The summed E-state index contributed by atoms with van der Waals surface area (Å²) in [7, 11) is 2.85. The molecule has 7 rings (SSSR count). The number of carbonyl (C=O) groups excluding carboxylic acids is 1. The number of nitrogens with zero attached hydrogens (tertiary/aromatic N) is 5. The number of hydrogen-bond acceptors (Lipinski definition) is 10. The summed E-state index contributed by atoms with van der Waals surface area (Å²) in [6.45, 7) is 4.82. The molecule has 4 aliphatic heterocycles. The molecule has 6 heterocycles. The highest BCUT2D eigenvalue weighted by Crippen LogP contribution is 2.45. The number of ether oxygens (including phenoxy) is 3. The first kappa shape index (κ1) is 30.4. The second kappa shape index (κ2) is 12.2. The standard InChI is InChI=1S/C31H35ClFN7O6/c1-44-27-18(5-6-21(41)28(27)45-2)19-13-39(30-25(19)31(43)40-7-3-4-22(40)36-30)14-24(42)34-20-12-23(35-29(33)26(20)32)38-10-8-37(9-11-38)17-15-46-16-17/h5-6,12-13,17,29,35,41H,3-4,7-11,14-16H2,1-2H3,(H,34,42). The van der Waals surface area contributed by atoms with E-state index in [1.54, 1.807) is 27.5 Å². The van der Waals surface area contributed by atoms with Crippen LogP contribution in [0.3, 0.4) is 0 Å². The summed E-state index contributed by atoms with van der Waals surface area (Å²) in [5.74, 6) is 0.930. The molecule has 2 aromatic heterocycles. The fraction of sp³-hybridized carbons (Fsp3) is 0.452. The zero-order chi connectivity index (χ0) is 32.1. The number of methoxy groups -OCH3 is 2. The van der Waals surface area contributed by atoms with Gasteiger partial charge in [0, 0.05) is 62.5 Å². The van der Waals surface area contributed by atoms with Gasteiger partial charge in [-0.1, -0.05) is 11.6 Å². The van der Waals surface area contributed by atoms with Gasteiger partial charge < -0.3 is 39.4 Å². The highest BCUT2D eigenvalue weighted by atomic mass is 35.5. The van der Waals surface area contributed by atoms with Gasteiger partial charge in [-0.15, -0.1) is 0 Å².